The number of esters is 1. The van der Waals surface area contributed by atoms with Gasteiger partial charge >= 0.3 is 5.97 Å². The van der Waals surface area contributed by atoms with Gasteiger partial charge in [-0.1, -0.05) is 6.08 Å². The van der Waals surface area contributed by atoms with Gasteiger partial charge < -0.3 is 44.8 Å². The average Bonchev–Trinajstić information content (AvgIpc) is 2.63. The number of aliphatic hydroxyl groups excluding tert-OH is 5. The van der Waals surface area contributed by atoms with Crippen LogP contribution < -0.4 is 0 Å². The van der Waals surface area contributed by atoms with Crippen LogP contribution in [0.1, 0.15) is 13.3 Å². The molecule has 0 bridgehead atoms. The first kappa shape index (κ1) is 21.8. The van der Waals surface area contributed by atoms with Gasteiger partial charge in [0.05, 0.1) is 19.5 Å². The minimum Gasteiger partial charge on any atom is -0.497 e. The Hall–Kier alpha value is -1.53. The third kappa shape index (κ3) is 4.16. The summed E-state index contributed by atoms with van der Waals surface area (Å²) in [5.74, 6) is -0.771. The van der Waals surface area contributed by atoms with Crippen molar-refractivity contribution in [1.82, 2.24) is 0 Å². The van der Waals surface area contributed by atoms with Gasteiger partial charge in [-0.2, -0.15) is 0 Å². The molecular weight excluding hydrogens is 364 g/mol. The lowest BCUT2D eigenvalue weighted by molar-refractivity contribution is -0.286. The summed E-state index contributed by atoms with van der Waals surface area (Å²) < 4.78 is 14.7. The van der Waals surface area contributed by atoms with Crippen LogP contribution >= 0.6 is 0 Å². The Morgan fingerprint density at radius 3 is 2.52 bits per heavy atom. The summed E-state index contributed by atoms with van der Waals surface area (Å²) in [6.45, 7) is 5.24. The van der Waals surface area contributed by atoms with E-state index in [-0.39, 0.29) is 24.2 Å². The summed E-state index contributed by atoms with van der Waals surface area (Å²) in [6.07, 6.45) is -3.87. The molecule has 0 spiro atoms. The number of carbonyl (C=O) groups is 1. The summed E-state index contributed by atoms with van der Waals surface area (Å²) in [7, 11) is 0. The monoisotopic (exact) mass is 390 g/mol. The molecule has 8 unspecified atom stereocenters. The Balaban J connectivity index is 0.000000199. The quantitative estimate of drug-likeness (QED) is 0.220. The van der Waals surface area contributed by atoms with Crippen LogP contribution in [0.25, 0.3) is 0 Å². The van der Waals surface area contributed by atoms with E-state index in [0.29, 0.717) is 6.42 Å². The Morgan fingerprint density at radius 1 is 1.26 bits per heavy atom. The van der Waals surface area contributed by atoms with E-state index < -0.39 is 48.9 Å². The van der Waals surface area contributed by atoms with E-state index >= 15 is 0 Å². The van der Waals surface area contributed by atoms with E-state index in [2.05, 4.69) is 11.3 Å². The van der Waals surface area contributed by atoms with Gasteiger partial charge in [-0.25, -0.2) is 4.79 Å². The molecule has 3 rings (SSSR count). The van der Waals surface area contributed by atoms with Crippen LogP contribution in [0.3, 0.4) is 0 Å². The normalized spacial score (nSPS) is 43.9. The number of fused-ring (bicyclic) bond motifs is 1. The van der Waals surface area contributed by atoms with Crippen LogP contribution in [0.4, 0.5) is 0 Å². The fraction of sp³-hybridized carbons (Fsp3) is 0.706. The number of aliphatic hydroxyl groups is 6. The van der Waals surface area contributed by atoms with Crippen molar-refractivity contribution in [2.75, 3.05) is 13.2 Å². The highest BCUT2D eigenvalue weighted by Gasteiger charge is 2.50. The summed E-state index contributed by atoms with van der Waals surface area (Å²) in [5, 5.41) is 55.1. The first-order valence-corrected chi connectivity index (χ1v) is 8.54. The zero-order valence-electron chi connectivity index (χ0n) is 14.8. The predicted octanol–water partition coefficient (Wildman–Crippen LogP) is -2.45. The Morgan fingerprint density at radius 2 is 1.93 bits per heavy atom. The van der Waals surface area contributed by atoms with E-state index in [1.54, 1.807) is 6.08 Å². The maximum atomic E-state index is 11.4. The molecule has 3 aliphatic rings. The molecule has 3 heterocycles. The van der Waals surface area contributed by atoms with Gasteiger partial charge in [0.25, 0.3) is 0 Å². The minimum atomic E-state index is -1.57. The van der Waals surface area contributed by atoms with Crippen LogP contribution in [0, 0.1) is 5.92 Å². The highest BCUT2D eigenvalue weighted by molar-refractivity contribution is 5.91. The number of hydrogen-bond donors (Lipinski definition) is 6. The lowest BCUT2D eigenvalue weighted by Gasteiger charge is -2.43. The third-order valence-corrected chi connectivity index (χ3v) is 4.98. The lowest BCUT2D eigenvalue weighted by atomic mass is 9.74. The van der Waals surface area contributed by atoms with Crippen LogP contribution in [0.2, 0.25) is 0 Å². The second-order valence-corrected chi connectivity index (χ2v) is 6.66. The van der Waals surface area contributed by atoms with Crippen molar-refractivity contribution < 1.29 is 49.6 Å². The Labute approximate surface area is 155 Å². The first-order chi connectivity index (χ1) is 12.7. The highest BCUT2D eigenvalue weighted by Crippen LogP contribution is 2.40. The first-order valence-electron chi connectivity index (χ1n) is 8.54. The third-order valence-electron chi connectivity index (χ3n) is 4.98. The van der Waals surface area contributed by atoms with E-state index in [1.807, 2.05) is 6.92 Å². The smallest absolute Gasteiger partial charge is 0.340 e. The average molecular weight is 390 g/mol. The molecule has 10 nitrogen and oxygen atoms in total. The van der Waals surface area contributed by atoms with E-state index in [1.165, 1.54) is 6.26 Å². The van der Waals surface area contributed by atoms with Crippen molar-refractivity contribution in [2.45, 2.75) is 55.8 Å². The molecule has 2 fully saturated rings. The molecule has 0 aromatic rings. The van der Waals surface area contributed by atoms with Crippen molar-refractivity contribution in [3.8, 4) is 0 Å². The van der Waals surface area contributed by atoms with Crippen LogP contribution in [-0.2, 0) is 19.0 Å². The largest absolute Gasteiger partial charge is 0.497 e. The van der Waals surface area contributed by atoms with Crippen molar-refractivity contribution >= 4 is 5.97 Å². The molecule has 0 saturated carbocycles. The van der Waals surface area contributed by atoms with Crippen molar-refractivity contribution in [3.63, 3.8) is 0 Å². The molecule has 154 valence electrons. The topological polar surface area (TPSA) is 166 Å². The summed E-state index contributed by atoms with van der Waals surface area (Å²) in [4.78, 5) is 11.4. The van der Waals surface area contributed by atoms with Crippen molar-refractivity contribution in [1.29, 1.82) is 0 Å². The number of carbonyl (C=O) groups excluding carboxylic acids is 1. The standard InChI is InChI=1S/C11H14O4.C6H12O6/c1-3-8-7(2)15-6-9-10(12)14-5-4-11(8,9)13;7-1-2-3(8)4(9)5(10)6(11)12-2/h3,6-8,13H,1,4-5H2,2H3;2-11H,1H2. The van der Waals surface area contributed by atoms with Crippen molar-refractivity contribution in [2.24, 2.45) is 5.92 Å². The van der Waals surface area contributed by atoms with Gasteiger partial charge in [-0.05, 0) is 6.92 Å². The van der Waals surface area contributed by atoms with E-state index in [9.17, 15) is 9.90 Å². The summed E-state index contributed by atoms with van der Waals surface area (Å²) >= 11 is 0. The van der Waals surface area contributed by atoms with Gasteiger partial charge in [-0.15, -0.1) is 6.58 Å². The lowest BCUT2D eigenvalue weighted by Crippen LogP contribution is -2.58. The van der Waals surface area contributed by atoms with Crippen LogP contribution in [0.5, 0.6) is 0 Å². The maximum absolute atomic E-state index is 11.4. The molecule has 0 aromatic heterocycles. The number of ether oxygens (including phenoxy) is 3. The van der Waals surface area contributed by atoms with Gasteiger partial charge in [0.2, 0.25) is 0 Å². The number of hydrogen-bond acceptors (Lipinski definition) is 10. The minimum absolute atomic E-state index is 0.179. The van der Waals surface area contributed by atoms with Crippen molar-refractivity contribution in [3.05, 3.63) is 24.5 Å². The molecule has 0 radical (unpaired) electrons. The van der Waals surface area contributed by atoms with Gasteiger partial charge in [0.1, 0.15) is 41.7 Å². The molecule has 3 aliphatic heterocycles. The fourth-order valence-electron chi connectivity index (χ4n) is 3.30. The molecule has 0 amide bonds. The van der Waals surface area contributed by atoms with Gasteiger partial charge in [-0.3, -0.25) is 0 Å². The molecule has 0 aromatic carbocycles. The molecule has 6 N–H and O–H groups in total. The molecule has 2 saturated heterocycles. The van der Waals surface area contributed by atoms with Crippen LogP contribution in [0.15, 0.2) is 24.5 Å². The SMILES string of the molecule is C=CC1C(C)OC=C2C(=O)OCCC21O.OCC1OC(O)C(O)C(O)C1O. The summed E-state index contributed by atoms with van der Waals surface area (Å²) in [6, 6.07) is 0. The maximum Gasteiger partial charge on any atom is 0.340 e. The molecule has 8 atom stereocenters. The zero-order valence-corrected chi connectivity index (χ0v) is 14.8. The molecule has 27 heavy (non-hydrogen) atoms. The number of cyclic esters (lactones) is 1. The van der Waals surface area contributed by atoms with E-state index in [0.717, 1.165) is 0 Å². The molecule has 10 heteroatoms. The van der Waals surface area contributed by atoms with Gasteiger partial charge in [0, 0.05) is 12.3 Å². The zero-order chi connectivity index (χ0) is 20.4. The van der Waals surface area contributed by atoms with Crippen LogP contribution in [-0.4, -0.2) is 92.2 Å². The predicted molar refractivity (Wildman–Crippen MR) is 88.8 cm³/mol. The highest BCUT2D eigenvalue weighted by atomic mass is 16.6. The second kappa shape index (κ2) is 8.65. The van der Waals surface area contributed by atoms with E-state index in [4.69, 9.17) is 35.0 Å². The molecular formula is C17H26O10. The molecule has 0 aliphatic carbocycles. The Bertz CT molecular complexity index is 573. The summed E-state index contributed by atoms with van der Waals surface area (Å²) in [5.41, 5.74) is -0.967. The fourth-order valence-corrected chi connectivity index (χ4v) is 3.30. The second-order valence-electron chi connectivity index (χ2n) is 6.66. The number of rotatable bonds is 2. The van der Waals surface area contributed by atoms with Gasteiger partial charge in [0.15, 0.2) is 6.29 Å². The Kier molecular flexibility index (Phi) is 6.98.